The minimum Gasteiger partial charge on any atom is -0.479 e. The smallest absolute Gasteiger partial charge is 0.472 e. The van der Waals surface area contributed by atoms with Crippen LogP contribution in [0.3, 0.4) is 0 Å². The number of amides is 2. The van der Waals surface area contributed by atoms with E-state index in [-0.39, 0.29) is 0 Å². The third-order valence-electron chi connectivity index (χ3n) is 9.39. The second-order valence-electron chi connectivity index (χ2n) is 13.3. The number of carbonyl (C=O) groups excluding carboxylic acids is 2. The molecule has 0 aromatic heterocycles. The number of ether oxygens (including phenoxy) is 7. The summed E-state index contributed by atoms with van der Waals surface area (Å²) in [7, 11) is -4.60. The fourth-order valence-corrected chi connectivity index (χ4v) is 7.68. The summed E-state index contributed by atoms with van der Waals surface area (Å²) in [5.74, 6) is -3.30. The van der Waals surface area contributed by atoms with Crippen LogP contribution in [-0.4, -0.2) is 205 Å². The number of hydrogen-bond acceptors (Lipinski definition) is 21. The van der Waals surface area contributed by atoms with Crippen LogP contribution in [0.15, 0.2) is 0 Å². The summed E-state index contributed by atoms with van der Waals surface area (Å²) in [5, 5.41) is 101. The molecule has 2 amide bonds. The second kappa shape index (κ2) is 17.2. The van der Waals surface area contributed by atoms with Crippen molar-refractivity contribution in [1.29, 1.82) is 0 Å². The molecule has 26 heteroatoms. The van der Waals surface area contributed by atoms with Gasteiger partial charge in [0, 0.05) is 13.8 Å². The van der Waals surface area contributed by atoms with Crippen molar-refractivity contribution >= 4 is 25.6 Å². The lowest BCUT2D eigenvalue weighted by Crippen LogP contribution is -2.70. The lowest BCUT2D eigenvalue weighted by atomic mass is 9.94. The first-order chi connectivity index (χ1) is 25.2. The Kier molecular flexibility index (Phi) is 13.7. The van der Waals surface area contributed by atoms with Gasteiger partial charge in [0.25, 0.3) is 0 Å². The van der Waals surface area contributed by atoms with Crippen molar-refractivity contribution in [2.45, 2.75) is 143 Å². The highest BCUT2D eigenvalue weighted by Gasteiger charge is 2.58. The third kappa shape index (κ3) is 9.05. The van der Waals surface area contributed by atoms with Gasteiger partial charge in [0.15, 0.2) is 31.3 Å². The molecular formula is C28H45N2O23P. The summed E-state index contributed by atoms with van der Waals surface area (Å²) in [6.07, 6.45) is -32.7. The summed E-state index contributed by atoms with van der Waals surface area (Å²) >= 11 is 0. The maximum absolute atomic E-state index is 12.5. The van der Waals surface area contributed by atoms with E-state index in [1.807, 2.05) is 0 Å². The van der Waals surface area contributed by atoms with E-state index in [1.165, 1.54) is 6.92 Å². The number of nitrogens with one attached hydrogen (secondary N) is 2. The van der Waals surface area contributed by atoms with E-state index >= 15 is 0 Å². The molecule has 0 saturated carbocycles. The van der Waals surface area contributed by atoms with Gasteiger partial charge in [-0.2, -0.15) is 0 Å². The van der Waals surface area contributed by atoms with Gasteiger partial charge in [0.05, 0.1) is 19.3 Å². The lowest BCUT2D eigenvalue weighted by Gasteiger charge is -2.50. The number of carboxylic acids is 1. The molecule has 5 aliphatic rings. The van der Waals surface area contributed by atoms with Crippen LogP contribution < -0.4 is 10.6 Å². The first kappa shape index (κ1) is 43.1. The summed E-state index contributed by atoms with van der Waals surface area (Å²) in [6.45, 7) is 1.89. The summed E-state index contributed by atoms with van der Waals surface area (Å²) < 4.78 is 60.6. The molecule has 25 nitrogen and oxygen atoms in total. The van der Waals surface area contributed by atoms with E-state index in [0.717, 1.165) is 13.8 Å². The predicted octanol–water partition coefficient (Wildman–Crippen LogP) is -7.18. The lowest BCUT2D eigenvalue weighted by molar-refractivity contribution is -0.370. The minimum atomic E-state index is -4.60. The highest BCUT2D eigenvalue weighted by Crippen LogP contribution is 2.51. The van der Waals surface area contributed by atoms with Crippen LogP contribution in [-0.2, 0) is 61.2 Å². The zero-order valence-corrected chi connectivity index (χ0v) is 29.6. The summed E-state index contributed by atoms with van der Waals surface area (Å²) in [5.41, 5.74) is 0. The maximum atomic E-state index is 12.5. The number of phosphoric acid groups is 1. The van der Waals surface area contributed by atoms with E-state index in [2.05, 4.69) is 10.6 Å². The van der Waals surface area contributed by atoms with Crippen LogP contribution in [0.4, 0.5) is 0 Å². The Labute approximate surface area is 305 Å². The van der Waals surface area contributed by atoms with Crippen molar-refractivity contribution in [3.05, 3.63) is 0 Å². The highest BCUT2D eigenvalue weighted by molar-refractivity contribution is 7.47. The molecule has 54 heavy (non-hydrogen) atoms. The number of aliphatic hydroxyl groups excluding tert-OH is 8. The second-order valence-corrected chi connectivity index (χ2v) is 14.7. The van der Waals surface area contributed by atoms with Gasteiger partial charge >= 0.3 is 13.8 Å². The van der Waals surface area contributed by atoms with Crippen molar-refractivity contribution < 1.29 is 112 Å². The van der Waals surface area contributed by atoms with E-state index in [0.29, 0.717) is 0 Å². The molecule has 5 saturated heterocycles. The number of phosphoric ester groups is 1. The molecule has 12 N–H and O–H groups in total. The van der Waals surface area contributed by atoms with E-state index in [9.17, 15) is 69.8 Å². The molecule has 0 bridgehead atoms. The van der Waals surface area contributed by atoms with Crippen LogP contribution in [0.5, 0.6) is 0 Å². The standard InChI is InChI=1S/C28H45N2O23P/c1-6-13(34)20(11(25(42)46-6)29-7(2)32)49-28-18(39)16(37)22(23(52-28)24(40)41)51-26-12(30-8(3)33)21(14(35)9(4-31)47-26)50-27-17(38)15(36)19-10(48-27)5-45-54(43,44)53-19/h6,9-23,25-28,31,34-39,42H,4-5H2,1-3H3,(H,29,32)(H,30,33)(H,40,41)(H,43,44)/t6-,9-,10-,11-,12-,13-,14-,15-,16-,17-,18-,19+,20-,21-,22-,23+,25?,26+,27+,28+/m1/s1. The number of aliphatic carboxylic acids is 1. The molecule has 310 valence electrons. The largest absolute Gasteiger partial charge is 0.479 e. The van der Waals surface area contributed by atoms with Crippen molar-refractivity contribution in [3.8, 4) is 0 Å². The monoisotopic (exact) mass is 808 g/mol. The SMILES string of the molecule is CC(=O)N[C@H]1[C@H](O[C@@H]2[C@H](O)[C@@H](O)[C@@H](O[C@H]3[C@H](O)[C@@H](C)OC(O)[C@@H]3NC(C)=O)O[C@@H]2C(=O)O)O[C@H](CO)[C@@H](O)[C@@H]1O[C@@H]1O[C@@H]2COP(=O)(O)O[C@@H]2[C@H](O)[C@H]1O. The van der Waals surface area contributed by atoms with Crippen LogP contribution in [0.2, 0.25) is 0 Å². The normalized spacial score (nSPS) is 49.7. The average Bonchev–Trinajstić information content (AvgIpc) is 3.08. The van der Waals surface area contributed by atoms with Crippen LogP contribution in [0.25, 0.3) is 0 Å². The Morgan fingerprint density at radius 3 is 1.87 bits per heavy atom. The van der Waals surface area contributed by atoms with Crippen LogP contribution >= 0.6 is 7.82 Å². The van der Waals surface area contributed by atoms with Crippen molar-refractivity contribution in [2.24, 2.45) is 0 Å². The molecule has 21 atom stereocenters. The fraction of sp³-hybridized carbons (Fsp3) is 0.893. The van der Waals surface area contributed by atoms with E-state index < -0.39 is 162 Å². The molecule has 0 aromatic rings. The third-order valence-corrected chi connectivity index (χ3v) is 10.4. The van der Waals surface area contributed by atoms with Crippen molar-refractivity contribution in [1.82, 2.24) is 10.6 Å². The maximum Gasteiger partial charge on any atom is 0.472 e. The number of carboxylic acid groups (broad SMARTS) is 1. The van der Waals surface area contributed by atoms with Gasteiger partial charge in [-0.25, -0.2) is 9.36 Å². The first-order valence-corrected chi connectivity index (χ1v) is 18.1. The van der Waals surface area contributed by atoms with Crippen LogP contribution in [0.1, 0.15) is 20.8 Å². The molecule has 0 aromatic carbocycles. The Morgan fingerprint density at radius 2 is 1.28 bits per heavy atom. The quantitative estimate of drug-likeness (QED) is 0.0912. The van der Waals surface area contributed by atoms with Gasteiger partial charge in [-0.05, 0) is 6.92 Å². The average molecular weight is 809 g/mol. The van der Waals surface area contributed by atoms with Gasteiger partial charge in [0.2, 0.25) is 11.8 Å². The molecule has 0 radical (unpaired) electrons. The molecule has 0 aliphatic carbocycles. The Hall–Kier alpha value is -2.08. The molecule has 5 rings (SSSR count). The molecule has 5 fully saturated rings. The molecular weight excluding hydrogens is 763 g/mol. The van der Waals surface area contributed by atoms with Crippen molar-refractivity contribution in [2.75, 3.05) is 13.2 Å². The highest BCUT2D eigenvalue weighted by atomic mass is 31.2. The molecule has 0 spiro atoms. The summed E-state index contributed by atoms with van der Waals surface area (Å²) in [6, 6.07) is -3.16. The molecule has 5 aliphatic heterocycles. The van der Waals surface area contributed by atoms with E-state index in [4.69, 9.17) is 42.2 Å². The Bertz CT molecular complexity index is 1400. The van der Waals surface area contributed by atoms with Crippen molar-refractivity contribution in [3.63, 3.8) is 0 Å². The number of hydrogen-bond donors (Lipinski definition) is 12. The van der Waals surface area contributed by atoms with E-state index in [1.54, 1.807) is 0 Å². The number of fused-ring (bicyclic) bond motifs is 1. The Balaban J connectivity index is 1.38. The fourth-order valence-electron chi connectivity index (χ4n) is 6.71. The summed E-state index contributed by atoms with van der Waals surface area (Å²) in [4.78, 5) is 46.3. The topological polar surface area (TPSA) is 378 Å². The number of aliphatic hydroxyl groups is 8. The van der Waals surface area contributed by atoms with Gasteiger partial charge in [-0.1, -0.05) is 0 Å². The Morgan fingerprint density at radius 1 is 0.722 bits per heavy atom. The number of carbonyl (C=O) groups is 3. The van der Waals surface area contributed by atoms with Gasteiger partial charge in [-0.15, -0.1) is 0 Å². The van der Waals surface area contributed by atoms with Gasteiger partial charge in [0.1, 0.15) is 85.3 Å². The van der Waals surface area contributed by atoms with Gasteiger partial charge < -0.3 is 94.6 Å². The minimum absolute atomic E-state index is 0.608. The zero-order valence-electron chi connectivity index (χ0n) is 28.7. The molecule has 5 heterocycles. The first-order valence-electron chi connectivity index (χ1n) is 16.6. The van der Waals surface area contributed by atoms with Gasteiger partial charge in [-0.3, -0.25) is 18.6 Å². The van der Waals surface area contributed by atoms with Crippen LogP contribution in [0, 0.1) is 0 Å². The number of rotatable bonds is 10. The zero-order chi connectivity index (χ0) is 40.0. The predicted molar refractivity (Wildman–Crippen MR) is 164 cm³/mol. The molecule has 2 unspecified atom stereocenters.